The Kier molecular flexibility index (Phi) is 5.76. The van der Waals surface area contributed by atoms with Crippen LogP contribution in [0.1, 0.15) is 22.0 Å². The van der Waals surface area contributed by atoms with Crippen molar-refractivity contribution in [3.05, 3.63) is 89.2 Å². The van der Waals surface area contributed by atoms with Gasteiger partial charge < -0.3 is 14.8 Å². The molecule has 1 atom stereocenters. The zero-order chi connectivity index (χ0) is 18.5. The van der Waals surface area contributed by atoms with Crippen LogP contribution in [-0.4, -0.2) is 36.0 Å². The van der Waals surface area contributed by atoms with E-state index in [1.807, 2.05) is 91.7 Å². The van der Waals surface area contributed by atoms with Crippen LogP contribution in [0.3, 0.4) is 0 Å². The van der Waals surface area contributed by atoms with Crippen molar-refractivity contribution in [2.45, 2.75) is 6.04 Å². The molecule has 26 heavy (non-hydrogen) atoms. The number of amides is 1. The fourth-order valence-corrected chi connectivity index (χ4v) is 3.09. The summed E-state index contributed by atoms with van der Waals surface area (Å²) in [6.07, 6.45) is 3.95. The molecule has 4 nitrogen and oxygen atoms in total. The Bertz CT molecular complexity index is 857. The minimum absolute atomic E-state index is 0.0526. The zero-order valence-electron chi connectivity index (χ0n) is 14.9. The highest BCUT2D eigenvalue weighted by atomic mass is 35.5. The van der Waals surface area contributed by atoms with Gasteiger partial charge in [0.1, 0.15) is 0 Å². The van der Waals surface area contributed by atoms with Gasteiger partial charge in [0.15, 0.2) is 0 Å². The highest BCUT2D eigenvalue weighted by Crippen LogP contribution is 2.21. The van der Waals surface area contributed by atoms with Crippen molar-refractivity contribution in [3.8, 4) is 5.69 Å². The van der Waals surface area contributed by atoms with Crippen molar-refractivity contribution >= 4 is 17.5 Å². The number of rotatable bonds is 6. The van der Waals surface area contributed by atoms with Crippen molar-refractivity contribution in [3.63, 3.8) is 0 Å². The first kappa shape index (κ1) is 18.2. The van der Waals surface area contributed by atoms with Gasteiger partial charge in [-0.25, -0.2) is 0 Å². The molecule has 0 aliphatic carbocycles. The molecule has 3 rings (SSSR count). The number of hydrogen-bond donors (Lipinski definition) is 1. The van der Waals surface area contributed by atoms with Gasteiger partial charge in [-0.2, -0.15) is 0 Å². The molecule has 1 heterocycles. The smallest absolute Gasteiger partial charge is 0.251 e. The monoisotopic (exact) mass is 367 g/mol. The second-order valence-electron chi connectivity index (χ2n) is 6.38. The summed E-state index contributed by atoms with van der Waals surface area (Å²) in [5.41, 5.74) is 2.74. The Labute approximate surface area is 159 Å². The van der Waals surface area contributed by atoms with Crippen LogP contribution in [0.2, 0.25) is 5.02 Å². The number of benzene rings is 2. The molecule has 0 spiro atoms. The normalized spacial score (nSPS) is 12.2. The Balaban J connectivity index is 1.67. The first-order valence-corrected chi connectivity index (χ1v) is 8.86. The summed E-state index contributed by atoms with van der Waals surface area (Å²) in [6, 6.07) is 19.3. The van der Waals surface area contributed by atoms with E-state index in [-0.39, 0.29) is 11.9 Å². The van der Waals surface area contributed by atoms with Gasteiger partial charge in [-0.3, -0.25) is 4.79 Å². The molecule has 2 aromatic carbocycles. The second-order valence-corrected chi connectivity index (χ2v) is 6.82. The second kappa shape index (κ2) is 8.21. The van der Waals surface area contributed by atoms with Crippen LogP contribution in [-0.2, 0) is 0 Å². The number of carbonyl (C=O) groups excluding carboxylic acids is 1. The molecule has 0 saturated heterocycles. The lowest BCUT2D eigenvalue weighted by Crippen LogP contribution is -2.34. The molecule has 0 fully saturated rings. The molecule has 0 saturated carbocycles. The first-order chi connectivity index (χ1) is 12.5. The summed E-state index contributed by atoms with van der Waals surface area (Å²) < 4.78 is 2.00. The van der Waals surface area contributed by atoms with Crippen molar-refractivity contribution in [1.29, 1.82) is 0 Å². The SMILES string of the molecule is CN(C)C(CNC(=O)c1ccc(-n2cccc2)cc1)c1cccc(Cl)c1. The number of nitrogens with one attached hydrogen (secondary N) is 1. The Morgan fingerprint density at radius 3 is 2.38 bits per heavy atom. The lowest BCUT2D eigenvalue weighted by Gasteiger charge is -2.25. The van der Waals surface area contributed by atoms with Crippen molar-refractivity contribution < 1.29 is 4.79 Å². The highest BCUT2D eigenvalue weighted by Gasteiger charge is 2.16. The molecule has 0 aliphatic heterocycles. The molecular formula is C21H22ClN3O. The number of nitrogens with zero attached hydrogens (tertiary/aromatic N) is 2. The van der Waals surface area contributed by atoms with Gasteiger partial charge in [-0.1, -0.05) is 23.7 Å². The molecule has 1 unspecified atom stereocenters. The van der Waals surface area contributed by atoms with E-state index in [4.69, 9.17) is 11.6 Å². The molecule has 1 N–H and O–H groups in total. The molecule has 3 aromatic rings. The maximum absolute atomic E-state index is 12.5. The molecular weight excluding hydrogens is 346 g/mol. The topological polar surface area (TPSA) is 37.3 Å². The highest BCUT2D eigenvalue weighted by molar-refractivity contribution is 6.30. The van der Waals surface area contributed by atoms with E-state index in [0.717, 1.165) is 11.3 Å². The van der Waals surface area contributed by atoms with Crippen LogP contribution >= 0.6 is 11.6 Å². The number of carbonyl (C=O) groups is 1. The number of aromatic nitrogens is 1. The van der Waals surface area contributed by atoms with E-state index in [1.54, 1.807) is 0 Å². The first-order valence-electron chi connectivity index (χ1n) is 8.48. The van der Waals surface area contributed by atoms with Gasteiger partial charge in [0, 0.05) is 35.2 Å². The quantitative estimate of drug-likeness (QED) is 0.710. The summed E-state index contributed by atoms with van der Waals surface area (Å²) in [7, 11) is 3.98. The van der Waals surface area contributed by atoms with Crippen molar-refractivity contribution in [1.82, 2.24) is 14.8 Å². The van der Waals surface area contributed by atoms with Gasteiger partial charge in [0.2, 0.25) is 0 Å². The van der Waals surface area contributed by atoms with Gasteiger partial charge in [0.05, 0.1) is 6.04 Å². The fourth-order valence-electron chi connectivity index (χ4n) is 2.90. The van der Waals surface area contributed by atoms with Gasteiger partial charge >= 0.3 is 0 Å². The lowest BCUT2D eigenvalue weighted by atomic mass is 10.1. The van der Waals surface area contributed by atoms with Crippen molar-refractivity contribution in [2.24, 2.45) is 0 Å². The third-order valence-electron chi connectivity index (χ3n) is 4.34. The third-order valence-corrected chi connectivity index (χ3v) is 4.58. The average molecular weight is 368 g/mol. The Morgan fingerprint density at radius 1 is 1.08 bits per heavy atom. The molecule has 134 valence electrons. The molecule has 0 radical (unpaired) electrons. The van der Waals surface area contributed by atoms with Crippen LogP contribution < -0.4 is 5.32 Å². The van der Waals surface area contributed by atoms with Crippen molar-refractivity contribution in [2.75, 3.05) is 20.6 Å². The minimum atomic E-state index is -0.0852. The predicted molar refractivity (Wildman–Crippen MR) is 106 cm³/mol. The van der Waals surface area contributed by atoms with Crippen LogP contribution in [0.25, 0.3) is 5.69 Å². The van der Waals surface area contributed by atoms with Crippen LogP contribution in [0.15, 0.2) is 73.1 Å². The maximum Gasteiger partial charge on any atom is 0.251 e. The Morgan fingerprint density at radius 2 is 1.77 bits per heavy atom. The van der Waals surface area contributed by atoms with E-state index in [0.29, 0.717) is 17.1 Å². The van der Waals surface area contributed by atoms with E-state index in [1.165, 1.54) is 0 Å². The third kappa shape index (κ3) is 4.34. The molecule has 5 heteroatoms. The summed E-state index contributed by atoms with van der Waals surface area (Å²) >= 11 is 6.10. The van der Waals surface area contributed by atoms with E-state index in [2.05, 4.69) is 10.2 Å². The van der Waals surface area contributed by atoms with Gasteiger partial charge in [-0.05, 0) is 68.2 Å². The fraction of sp³-hybridized carbons (Fsp3) is 0.190. The summed E-state index contributed by atoms with van der Waals surface area (Å²) in [5, 5.41) is 3.72. The molecule has 0 bridgehead atoms. The van der Waals surface area contributed by atoms with E-state index in [9.17, 15) is 4.79 Å². The van der Waals surface area contributed by atoms with E-state index >= 15 is 0 Å². The number of hydrogen-bond acceptors (Lipinski definition) is 2. The number of likely N-dealkylation sites (N-methyl/N-ethyl adjacent to an activating group) is 1. The van der Waals surface area contributed by atoms with Gasteiger partial charge in [-0.15, -0.1) is 0 Å². The van der Waals surface area contributed by atoms with E-state index < -0.39 is 0 Å². The minimum Gasteiger partial charge on any atom is -0.350 e. The predicted octanol–water partition coefficient (Wildman–Crippen LogP) is 4.16. The number of halogens is 1. The summed E-state index contributed by atoms with van der Waals surface area (Å²) in [4.78, 5) is 14.6. The maximum atomic E-state index is 12.5. The van der Waals surface area contributed by atoms with Gasteiger partial charge in [0.25, 0.3) is 5.91 Å². The standard InChI is InChI=1S/C21H22ClN3O/c1-24(2)20(17-6-5-7-18(22)14-17)15-23-21(26)16-8-10-19(11-9-16)25-12-3-4-13-25/h3-14,20H,15H2,1-2H3,(H,23,26). The average Bonchev–Trinajstić information content (AvgIpc) is 3.16. The molecule has 0 aliphatic rings. The van der Waals surface area contributed by atoms with Crippen LogP contribution in [0, 0.1) is 0 Å². The van der Waals surface area contributed by atoms with Crippen LogP contribution in [0.5, 0.6) is 0 Å². The summed E-state index contributed by atoms with van der Waals surface area (Å²) in [6.45, 7) is 0.505. The van der Waals surface area contributed by atoms with Crippen LogP contribution in [0.4, 0.5) is 0 Å². The summed E-state index contributed by atoms with van der Waals surface area (Å²) in [5.74, 6) is -0.0852. The molecule has 1 aromatic heterocycles. The lowest BCUT2D eigenvalue weighted by molar-refractivity contribution is 0.0942. The zero-order valence-corrected chi connectivity index (χ0v) is 15.6. The Hall–Kier alpha value is -2.56. The molecule has 1 amide bonds. The largest absolute Gasteiger partial charge is 0.350 e.